The normalized spacial score (nSPS) is 15.9. The monoisotopic (exact) mass is 288 g/mol. The Morgan fingerprint density at radius 2 is 1.62 bits per heavy atom. The predicted octanol–water partition coefficient (Wildman–Crippen LogP) is 2.81. The average Bonchev–Trinajstić information content (AvgIpc) is 2.42. The Kier molecular flexibility index (Phi) is 4.66. The van der Waals surface area contributed by atoms with Crippen LogP contribution in [-0.4, -0.2) is 29.8 Å². The first-order valence-corrected chi connectivity index (χ1v) is 7.52. The molecule has 2 amide bonds. The molecule has 4 heteroatoms. The van der Waals surface area contributed by atoms with Gasteiger partial charge in [0.05, 0.1) is 0 Å². The maximum Gasteiger partial charge on any atom is 0.227 e. The fourth-order valence-electron chi connectivity index (χ4n) is 3.06. The van der Waals surface area contributed by atoms with E-state index in [4.69, 9.17) is 0 Å². The third kappa shape index (κ3) is 3.63. The molecule has 1 N–H and O–H groups in total. The number of nitrogens with one attached hydrogen (secondary N) is 1. The first kappa shape index (κ1) is 15.5. The summed E-state index contributed by atoms with van der Waals surface area (Å²) in [7, 11) is 0. The van der Waals surface area contributed by atoms with Crippen molar-refractivity contribution in [1.82, 2.24) is 4.90 Å². The third-order valence-electron chi connectivity index (χ3n) is 4.24. The van der Waals surface area contributed by atoms with E-state index in [1.165, 1.54) is 5.56 Å². The van der Waals surface area contributed by atoms with Crippen molar-refractivity contribution in [3.63, 3.8) is 0 Å². The van der Waals surface area contributed by atoms with E-state index in [2.05, 4.69) is 24.4 Å². The van der Waals surface area contributed by atoms with Crippen LogP contribution in [0.3, 0.4) is 0 Å². The van der Waals surface area contributed by atoms with E-state index in [1.807, 2.05) is 18.7 Å². The number of aryl methyl sites for hydroxylation is 3. The minimum Gasteiger partial charge on any atom is -0.343 e. The summed E-state index contributed by atoms with van der Waals surface area (Å²) in [4.78, 5) is 25.5. The van der Waals surface area contributed by atoms with Gasteiger partial charge in [-0.15, -0.1) is 0 Å². The quantitative estimate of drug-likeness (QED) is 0.909. The minimum atomic E-state index is 0.000651. The fourth-order valence-corrected chi connectivity index (χ4v) is 3.06. The highest BCUT2D eigenvalue weighted by molar-refractivity contribution is 5.94. The number of benzene rings is 1. The highest BCUT2D eigenvalue weighted by atomic mass is 16.2. The molecular formula is C17H24N2O2. The average molecular weight is 288 g/mol. The summed E-state index contributed by atoms with van der Waals surface area (Å²) < 4.78 is 0. The lowest BCUT2D eigenvalue weighted by Crippen LogP contribution is -2.40. The molecule has 21 heavy (non-hydrogen) atoms. The number of amides is 2. The van der Waals surface area contributed by atoms with Gasteiger partial charge < -0.3 is 10.2 Å². The van der Waals surface area contributed by atoms with Gasteiger partial charge in [0.2, 0.25) is 11.8 Å². The zero-order valence-corrected chi connectivity index (χ0v) is 13.3. The van der Waals surface area contributed by atoms with Crippen molar-refractivity contribution < 1.29 is 9.59 Å². The van der Waals surface area contributed by atoms with E-state index in [1.54, 1.807) is 6.92 Å². The van der Waals surface area contributed by atoms with Crippen LogP contribution in [0.15, 0.2) is 12.1 Å². The molecule has 1 aromatic carbocycles. The SMILES string of the molecule is CC(=O)N1CCC(C(=O)Nc2c(C)cc(C)cc2C)CC1. The van der Waals surface area contributed by atoms with E-state index in [-0.39, 0.29) is 17.7 Å². The van der Waals surface area contributed by atoms with E-state index in [0.717, 1.165) is 29.7 Å². The summed E-state index contributed by atoms with van der Waals surface area (Å²) in [6.07, 6.45) is 1.49. The Morgan fingerprint density at radius 1 is 1.10 bits per heavy atom. The molecule has 1 aromatic rings. The smallest absolute Gasteiger partial charge is 0.227 e. The van der Waals surface area contributed by atoms with Gasteiger partial charge in [0.1, 0.15) is 0 Å². The number of nitrogens with zero attached hydrogens (tertiary/aromatic N) is 1. The summed E-state index contributed by atoms with van der Waals surface area (Å²) >= 11 is 0. The van der Waals surface area contributed by atoms with Gasteiger partial charge in [-0.1, -0.05) is 17.7 Å². The van der Waals surface area contributed by atoms with Gasteiger partial charge in [-0.3, -0.25) is 9.59 Å². The number of hydrogen-bond donors (Lipinski definition) is 1. The number of anilines is 1. The Bertz CT molecular complexity index is 535. The topological polar surface area (TPSA) is 49.4 Å². The molecule has 2 rings (SSSR count). The highest BCUT2D eigenvalue weighted by Crippen LogP contribution is 2.25. The van der Waals surface area contributed by atoms with Crippen molar-refractivity contribution >= 4 is 17.5 Å². The van der Waals surface area contributed by atoms with Crippen LogP contribution in [0.4, 0.5) is 5.69 Å². The van der Waals surface area contributed by atoms with E-state index in [0.29, 0.717) is 13.1 Å². The molecule has 1 aliphatic rings. The van der Waals surface area contributed by atoms with E-state index < -0.39 is 0 Å². The standard InChI is InChI=1S/C17H24N2O2/c1-11-9-12(2)16(13(3)10-11)18-17(21)15-5-7-19(8-6-15)14(4)20/h9-10,15H,5-8H2,1-4H3,(H,18,21). The summed E-state index contributed by atoms with van der Waals surface area (Å²) in [5, 5.41) is 3.08. The van der Waals surface area contributed by atoms with E-state index >= 15 is 0 Å². The van der Waals surface area contributed by atoms with Crippen LogP contribution in [0.2, 0.25) is 0 Å². The summed E-state index contributed by atoms with van der Waals surface area (Å²) in [6, 6.07) is 4.17. The molecule has 0 atom stereocenters. The van der Waals surface area contributed by atoms with Crippen molar-refractivity contribution in [3.8, 4) is 0 Å². The molecule has 0 aromatic heterocycles. The molecule has 1 heterocycles. The van der Waals surface area contributed by atoms with Crippen molar-refractivity contribution in [3.05, 3.63) is 28.8 Å². The number of carbonyl (C=O) groups is 2. The molecule has 0 bridgehead atoms. The molecule has 0 radical (unpaired) electrons. The Balaban J connectivity index is 2.01. The lowest BCUT2D eigenvalue weighted by Gasteiger charge is -2.30. The zero-order chi connectivity index (χ0) is 15.6. The number of hydrogen-bond acceptors (Lipinski definition) is 2. The molecule has 114 valence electrons. The predicted molar refractivity (Wildman–Crippen MR) is 84.3 cm³/mol. The summed E-state index contributed by atoms with van der Waals surface area (Å²) in [5.74, 6) is 0.174. The second kappa shape index (κ2) is 6.29. The third-order valence-corrected chi connectivity index (χ3v) is 4.24. The van der Waals surface area contributed by atoms with Crippen molar-refractivity contribution in [2.75, 3.05) is 18.4 Å². The van der Waals surface area contributed by atoms with Gasteiger partial charge in [0.25, 0.3) is 0 Å². The van der Waals surface area contributed by atoms with Crippen LogP contribution >= 0.6 is 0 Å². The van der Waals surface area contributed by atoms with Crippen molar-refractivity contribution in [1.29, 1.82) is 0 Å². The Morgan fingerprint density at radius 3 is 2.10 bits per heavy atom. The minimum absolute atomic E-state index is 0.000651. The lowest BCUT2D eigenvalue weighted by atomic mass is 9.95. The zero-order valence-electron chi connectivity index (χ0n) is 13.3. The van der Waals surface area contributed by atoms with Gasteiger partial charge in [-0.25, -0.2) is 0 Å². The van der Waals surface area contributed by atoms with Gasteiger partial charge in [-0.2, -0.15) is 0 Å². The fraction of sp³-hybridized carbons (Fsp3) is 0.529. The van der Waals surface area contributed by atoms with Gasteiger partial charge >= 0.3 is 0 Å². The maximum atomic E-state index is 12.4. The largest absolute Gasteiger partial charge is 0.343 e. The Labute approximate surface area is 126 Å². The van der Waals surface area contributed by atoms with Crippen LogP contribution < -0.4 is 5.32 Å². The van der Waals surface area contributed by atoms with Crippen LogP contribution in [0.5, 0.6) is 0 Å². The molecule has 1 fully saturated rings. The first-order valence-electron chi connectivity index (χ1n) is 7.52. The molecule has 1 saturated heterocycles. The van der Waals surface area contributed by atoms with Crippen LogP contribution in [0.1, 0.15) is 36.5 Å². The number of rotatable bonds is 2. The second-order valence-corrected chi connectivity index (χ2v) is 6.04. The molecule has 0 unspecified atom stereocenters. The molecule has 0 saturated carbocycles. The van der Waals surface area contributed by atoms with Crippen molar-refractivity contribution in [2.45, 2.75) is 40.5 Å². The van der Waals surface area contributed by atoms with Gasteiger partial charge in [0, 0.05) is 31.6 Å². The maximum absolute atomic E-state index is 12.4. The Hall–Kier alpha value is -1.84. The van der Waals surface area contributed by atoms with Crippen molar-refractivity contribution in [2.24, 2.45) is 5.92 Å². The number of carbonyl (C=O) groups excluding carboxylic acids is 2. The molecular weight excluding hydrogens is 264 g/mol. The highest BCUT2D eigenvalue weighted by Gasteiger charge is 2.26. The van der Waals surface area contributed by atoms with Crippen LogP contribution in [0, 0.1) is 26.7 Å². The number of likely N-dealkylation sites (tertiary alicyclic amines) is 1. The van der Waals surface area contributed by atoms with Gasteiger partial charge in [0.15, 0.2) is 0 Å². The molecule has 0 aliphatic carbocycles. The van der Waals surface area contributed by atoms with Crippen LogP contribution in [0.25, 0.3) is 0 Å². The second-order valence-electron chi connectivity index (χ2n) is 6.04. The summed E-state index contributed by atoms with van der Waals surface area (Å²) in [5.41, 5.74) is 4.33. The number of piperidine rings is 1. The first-order chi connectivity index (χ1) is 9.88. The molecule has 0 spiro atoms. The van der Waals surface area contributed by atoms with Gasteiger partial charge in [-0.05, 0) is 44.7 Å². The summed E-state index contributed by atoms with van der Waals surface area (Å²) in [6.45, 7) is 9.04. The van der Waals surface area contributed by atoms with Crippen LogP contribution in [-0.2, 0) is 9.59 Å². The molecule has 1 aliphatic heterocycles. The van der Waals surface area contributed by atoms with E-state index in [9.17, 15) is 9.59 Å². The lowest BCUT2D eigenvalue weighted by molar-refractivity contribution is -0.132. The molecule has 4 nitrogen and oxygen atoms in total.